The Balaban J connectivity index is 0.00000361. The van der Waals surface area contributed by atoms with E-state index in [0.717, 1.165) is 12.8 Å². The summed E-state index contributed by atoms with van der Waals surface area (Å²) in [7, 11) is 0. The number of amides is 1. The van der Waals surface area contributed by atoms with Crippen molar-refractivity contribution in [2.24, 2.45) is 11.7 Å². The number of nitrogens with two attached hydrogens (primary N) is 1. The van der Waals surface area contributed by atoms with Crippen LogP contribution in [0.15, 0.2) is 18.2 Å². The zero-order valence-electron chi connectivity index (χ0n) is 12.9. The number of carbonyl (C=O) groups is 1. The molecule has 0 aliphatic heterocycles. The first-order chi connectivity index (χ1) is 8.88. The second-order valence-corrected chi connectivity index (χ2v) is 5.77. The highest BCUT2D eigenvalue weighted by Crippen LogP contribution is 2.09. The summed E-state index contributed by atoms with van der Waals surface area (Å²) in [6.45, 7) is 8.97. The highest BCUT2D eigenvalue weighted by Gasteiger charge is 2.13. The lowest BCUT2D eigenvalue weighted by Gasteiger charge is -2.14. The summed E-state index contributed by atoms with van der Waals surface area (Å²) in [5.41, 5.74) is 9.62. The molecule has 1 rings (SSSR count). The largest absolute Gasteiger partial charge is 0.354 e. The number of carbonyl (C=O) groups excluding carboxylic acids is 1. The fourth-order valence-corrected chi connectivity index (χ4v) is 2.29. The molecule has 20 heavy (non-hydrogen) atoms. The summed E-state index contributed by atoms with van der Waals surface area (Å²) in [6.07, 6.45) is 1.58. The summed E-state index contributed by atoms with van der Waals surface area (Å²) in [5.74, 6) is 0.401. The van der Waals surface area contributed by atoms with Crippen LogP contribution in [-0.4, -0.2) is 18.5 Å². The quantitative estimate of drug-likeness (QED) is 0.848. The van der Waals surface area contributed by atoms with Crippen LogP contribution in [0.25, 0.3) is 0 Å². The van der Waals surface area contributed by atoms with Crippen molar-refractivity contribution in [3.05, 3.63) is 34.9 Å². The molecule has 1 atom stereocenters. The van der Waals surface area contributed by atoms with Crippen LogP contribution in [0.2, 0.25) is 0 Å². The van der Waals surface area contributed by atoms with Crippen LogP contribution in [0.4, 0.5) is 0 Å². The summed E-state index contributed by atoms with van der Waals surface area (Å²) in [4.78, 5) is 11.8. The van der Waals surface area contributed by atoms with Crippen LogP contribution in [0.1, 0.15) is 37.0 Å². The molecule has 1 aromatic carbocycles. The number of hydrogen-bond donors (Lipinski definition) is 2. The number of nitrogens with one attached hydrogen (secondary N) is 1. The molecule has 0 saturated heterocycles. The fourth-order valence-electron chi connectivity index (χ4n) is 2.29. The molecule has 0 aliphatic carbocycles. The van der Waals surface area contributed by atoms with Gasteiger partial charge in [-0.1, -0.05) is 43.2 Å². The van der Waals surface area contributed by atoms with Gasteiger partial charge >= 0.3 is 0 Å². The third kappa shape index (κ3) is 6.92. The maximum absolute atomic E-state index is 11.8. The highest BCUT2D eigenvalue weighted by atomic mass is 35.5. The van der Waals surface area contributed by atoms with Gasteiger partial charge in [-0.2, -0.15) is 0 Å². The van der Waals surface area contributed by atoms with Crippen LogP contribution in [0.5, 0.6) is 0 Å². The Bertz CT molecular complexity index is 412. The molecule has 0 aromatic heterocycles. The monoisotopic (exact) mass is 298 g/mol. The average molecular weight is 299 g/mol. The Kier molecular flexibility index (Phi) is 8.51. The van der Waals surface area contributed by atoms with E-state index < -0.39 is 0 Å². The summed E-state index contributed by atoms with van der Waals surface area (Å²) < 4.78 is 0. The van der Waals surface area contributed by atoms with E-state index in [1.54, 1.807) is 0 Å². The van der Waals surface area contributed by atoms with Crippen LogP contribution in [0.3, 0.4) is 0 Å². The molecule has 0 fully saturated rings. The second kappa shape index (κ2) is 8.98. The Morgan fingerprint density at radius 2 is 1.75 bits per heavy atom. The van der Waals surface area contributed by atoms with Gasteiger partial charge in [-0.05, 0) is 38.2 Å². The minimum atomic E-state index is -0.390. The zero-order valence-corrected chi connectivity index (χ0v) is 13.7. The minimum Gasteiger partial charge on any atom is -0.354 e. The van der Waals surface area contributed by atoms with Gasteiger partial charge in [0, 0.05) is 6.54 Å². The summed E-state index contributed by atoms with van der Waals surface area (Å²) >= 11 is 0. The van der Waals surface area contributed by atoms with Crippen LogP contribution in [-0.2, 0) is 11.2 Å². The van der Waals surface area contributed by atoms with Gasteiger partial charge < -0.3 is 11.1 Å². The van der Waals surface area contributed by atoms with Gasteiger partial charge in [0.1, 0.15) is 0 Å². The van der Waals surface area contributed by atoms with E-state index in [4.69, 9.17) is 5.73 Å². The van der Waals surface area contributed by atoms with Gasteiger partial charge in [-0.15, -0.1) is 12.4 Å². The SMILES string of the molecule is Cc1cc(C)cc(CCNC(=O)[C@@H](N)CC(C)C)c1.Cl. The van der Waals surface area contributed by atoms with Crippen LogP contribution < -0.4 is 11.1 Å². The van der Waals surface area contributed by atoms with Crippen LogP contribution in [0, 0.1) is 19.8 Å². The van der Waals surface area contributed by atoms with Gasteiger partial charge in [0.2, 0.25) is 5.91 Å². The first kappa shape index (κ1) is 18.9. The molecule has 0 unspecified atom stereocenters. The van der Waals surface area contributed by atoms with Gasteiger partial charge in [0.25, 0.3) is 0 Å². The third-order valence-corrected chi connectivity index (χ3v) is 3.06. The maximum Gasteiger partial charge on any atom is 0.236 e. The third-order valence-electron chi connectivity index (χ3n) is 3.06. The number of benzene rings is 1. The lowest BCUT2D eigenvalue weighted by molar-refractivity contribution is -0.122. The molecule has 3 N–H and O–H groups in total. The molecule has 0 heterocycles. The van der Waals surface area contributed by atoms with Crippen molar-refractivity contribution in [3.63, 3.8) is 0 Å². The standard InChI is InChI=1S/C16H26N2O.ClH/c1-11(2)7-15(17)16(19)18-6-5-14-9-12(3)8-13(4)10-14;/h8-11,15H,5-7,17H2,1-4H3,(H,18,19);1H/t15-;/m0./s1. The van der Waals surface area contributed by atoms with E-state index in [9.17, 15) is 4.79 Å². The van der Waals surface area contributed by atoms with Gasteiger partial charge in [-0.25, -0.2) is 0 Å². The number of aryl methyl sites for hydroxylation is 2. The van der Waals surface area contributed by atoms with E-state index >= 15 is 0 Å². The second-order valence-electron chi connectivity index (χ2n) is 5.77. The minimum absolute atomic E-state index is 0. The van der Waals surface area contributed by atoms with Crippen molar-refractivity contribution in [3.8, 4) is 0 Å². The van der Waals surface area contributed by atoms with Crippen LogP contribution >= 0.6 is 12.4 Å². The molecule has 114 valence electrons. The number of hydrogen-bond acceptors (Lipinski definition) is 2. The van der Waals surface area contributed by atoms with Crippen molar-refractivity contribution in [2.75, 3.05) is 6.54 Å². The Morgan fingerprint density at radius 3 is 2.25 bits per heavy atom. The first-order valence-corrected chi connectivity index (χ1v) is 6.99. The summed E-state index contributed by atoms with van der Waals surface area (Å²) in [5, 5.41) is 2.91. The lowest BCUT2D eigenvalue weighted by atomic mass is 10.0. The van der Waals surface area contributed by atoms with Crippen molar-refractivity contribution in [1.29, 1.82) is 0 Å². The highest BCUT2D eigenvalue weighted by molar-refractivity contribution is 5.85. The fraction of sp³-hybridized carbons (Fsp3) is 0.562. The molecular weight excluding hydrogens is 272 g/mol. The van der Waals surface area contributed by atoms with E-state index in [2.05, 4.69) is 51.2 Å². The van der Waals surface area contributed by atoms with Crippen molar-refractivity contribution < 1.29 is 4.79 Å². The lowest BCUT2D eigenvalue weighted by Crippen LogP contribution is -2.42. The molecule has 0 radical (unpaired) electrons. The Morgan fingerprint density at radius 1 is 1.20 bits per heavy atom. The molecule has 4 heteroatoms. The number of rotatable bonds is 6. The van der Waals surface area contributed by atoms with E-state index in [1.165, 1.54) is 16.7 Å². The van der Waals surface area contributed by atoms with E-state index in [1.807, 2.05) is 0 Å². The predicted molar refractivity (Wildman–Crippen MR) is 87.3 cm³/mol. The van der Waals surface area contributed by atoms with E-state index in [0.29, 0.717) is 12.5 Å². The molecule has 3 nitrogen and oxygen atoms in total. The Hall–Kier alpha value is -1.06. The molecule has 0 spiro atoms. The topological polar surface area (TPSA) is 55.1 Å². The molecule has 1 aromatic rings. The molecular formula is C16H27ClN2O. The summed E-state index contributed by atoms with van der Waals surface area (Å²) in [6, 6.07) is 6.08. The molecule has 0 saturated carbocycles. The molecule has 0 bridgehead atoms. The normalized spacial score (nSPS) is 11.9. The zero-order chi connectivity index (χ0) is 14.4. The smallest absolute Gasteiger partial charge is 0.236 e. The predicted octanol–water partition coefficient (Wildman–Crippen LogP) is 2.76. The van der Waals surface area contributed by atoms with Gasteiger partial charge in [0.15, 0.2) is 0 Å². The van der Waals surface area contributed by atoms with Gasteiger partial charge in [0.05, 0.1) is 6.04 Å². The van der Waals surface area contributed by atoms with Crippen molar-refractivity contribution in [2.45, 2.75) is 46.6 Å². The first-order valence-electron chi connectivity index (χ1n) is 6.99. The maximum atomic E-state index is 11.8. The Labute approximate surface area is 128 Å². The van der Waals surface area contributed by atoms with Gasteiger partial charge in [-0.3, -0.25) is 4.79 Å². The average Bonchev–Trinajstić information content (AvgIpc) is 2.26. The molecule has 1 amide bonds. The van der Waals surface area contributed by atoms with E-state index in [-0.39, 0.29) is 24.4 Å². The van der Waals surface area contributed by atoms with Crippen molar-refractivity contribution >= 4 is 18.3 Å². The van der Waals surface area contributed by atoms with Crippen molar-refractivity contribution in [1.82, 2.24) is 5.32 Å². The number of halogens is 1. The molecule has 0 aliphatic rings.